The van der Waals surface area contributed by atoms with Gasteiger partial charge in [0.05, 0.1) is 11.0 Å². The number of amides is 3. The minimum Gasteiger partial charge on any atom is -0.361 e. The van der Waals surface area contributed by atoms with Gasteiger partial charge >= 0.3 is 0 Å². The number of benzene rings is 2. The Kier molecular flexibility index (Phi) is 7.68. The number of nitrogens with two attached hydrogens (primary N) is 1. The molecule has 4 N–H and O–H groups in total. The number of nitrogens with zero attached hydrogens (tertiary/aromatic N) is 2. The van der Waals surface area contributed by atoms with Gasteiger partial charge in [0.15, 0.2) is 0 Å². The molecule has 1 spiro atoms. The second-order valence-electron chi connectivity index (χ2n) is 12.5. The van der Waals surface area contributed by atoms with Crippen molar-refractivity contribution in [2.45, 2.75) is 70.5 Å². The number of likely N-dealkylation sites (tertiary alicyclic amines) is 2. The van der Waals surface area contributed by atoms with Crippen molar-refractivity contribution in [3.63, 3.8) is 0 Å². The summed E-state index contributed by atoms with van der Waals surface area (Å²) < 4.78 is 13.8. The van der Waals surface area contributed by atoms with Crippen LogP contribution >= 0.6 is 0 Å². The molecule has 3 heterocycles. The van der Waals surface area contributed by atoms with E-state index in [0.717, 1.165) is 22.0 Å². The van der Waals surface area contributed by atoms with Crippen LogP contribution in [0.1, 0.15) is 57.6 Å². The van der Waals surface area contributed by atoms with E-state index in [1.807, 2.05) is 49.2 Å². The Bertz CT molecular complexity index is 1440. The van der Waals surface area contributed by atoms with Gasteiger partial charge in [0, 0.05) is 55.1 Å². The van der Waals surface area contributed by atoms with Crippen molar-refractivity contribution in [1.29, 1.82) is 0 Å². The van der Waals surface area contributed by atoms with E-state index in [4.69, 9.17) is 5.73 Å². The molecule has 2 aliphatic heterocycles. The molecule has 2 fully saturated rings. The Labute approximate surface area is 240 Å². The van der Waals surface area contributed by atoms with Gasteiger partial charge in [0.1, 0.15) is 11.9 Å². The topological polar surface area (TPSA) is 112 Å². The lowest BCUT2D eigenvalue weighted by molar-refractivity contribution is -0.146. The van der Waals surface area contributed by atoms with E-state index >= 15 is 0 Å². The minimum atomic E-state index is -1.17. The summed E-state index contributed by atoms with van der Waals surface area (Å²) in [5.41, 5.74) is 6.86. The summed E-state index contributed by atoms with van der Waals surface area (Å²) >= 11 is 0. The van der Waals surface area contributed by atoms with Gasteiger partial charge in [0.2, 0.25) is 17.7 Å². The van der Waals surface area contributed by atoms with Crippen LogP contribution in [0.25, 0.3) is 10.9 Å². The Morgan fingerprint density at radius 3 is 2.56 bits per heavy atom. The van der Waals surface area contributed by atoms with E-state index in [-0.39, 0.29) is 42.6 Å². The highest BCUT2D eigenvalue weighted by atomic mass is 19.1. The van der Waals surface area contributed by atoms with Crippen molar-refractivity contribution in [3.8, 4) is 0 Å². The number of piperidine rings is 1. The standard InChI is InChI=1S/C32H40FN5O3/c1-20(2)38-18-25(21-10-12-23(33)13-11-21)32(30(38)41)14-7-15-37(19-32)28(39)27(36-29(40)31(3,4)34)16-22-17-35-26-9-6-5-8-24(22)26/h5-6,8-13,17,20,25,27,35H,7,14-16,18-19,34H2,1-4H3,(H,36,40)/t25?,27-,32?/m1/s1. The SMILES string of the molecule is CC(C)N1CC(c2ccc(F)cc2)C2(CCCN(C(=O)[C@@H](Cc3c[nH]c4ccccc34)NC(=O)C(C)(C)N)C2)C1=O. The molecule has 2 saturated heterocycles. The molecule has 3 aromatic rings. The van der Waals surface area contributed by atoms with Gasteiger partial charge < -0.3 is 25.8 Å². The molecule has 2 aliphatic rings. The molecule has 0 saturated carbocycles. The lowest BCUT2D eigenvalue weighted by Crippen LogP contribution is -2.60. The summed E-state index contributed by atoms with van der Waals surface area (Å²) in [6.45, 7) is 8.44. The maximum Gasteiger partial charge on any atom is 0.245 e. The molecule has 0 radical (unpaired) electrons. The number of hydrogen-bond acceptors (Lipinski definition) is 4. The fourth-order valence-electron chi connectivity index (χ4n) is 6.47. The normalized spacial score (nSPS) is 22.1. The zero-order chi connectivity index (χ0) is 29.5. The molecule has 8 nitrogen and oxygen atoms in total. The highest BCUT2D eigenvalue weighted by Gasteiger charge is 2.57. The molecule has 41 heavy (non-hydrogen) atoms. The maximum atomic E-state index is 14.3. The van der Waals surface area contributed by atoms with Crippen LogP contribution in [-0.2, 0) is 20.8 Å². The highest BCUT2D eigenvalue weighted by molar-refractivity contribution is 5.93. The fourth-order valence-corrected chi connectivity index (χ4v) is 6.47. The van der Waals surface area contributed by atoms with E-state index in [2.05, 4.69) is 10.3 Å². The van der Waals surface area contributed by atoms with E-state index in [0.29, 0.717) is 25.9 Å². The van der Waals surface area contributed by atoms with Crippen LogP contribution < -0.4 is 11.1 Å². The van der Waals surface area contributed by atoms with E-state index in [1.165, 1.54) is 12.1 Å². The first-order valence-electron chi connectivity index (χ1n) is 14.4. The molecule has 3 atom stereocenters. The quantitative estimate of drug-likeness (QED) is 0.408. The molecule has 3 amide bonds. The van der Waals surface area contributed by atoms with Gasteiger partial charge in [-0.25, -0.2) is 4.39 Å². The zero-order valence-electron chi connectivity index (χ0n) is 24.2. The van der Waals surface area contributed by atoms with Gasteiger partial charge in [0.25, 0.3) is 0 Å². The van der Waals surface area contributed by atoms with Crippen LogP contribution in [0.2, 0.25) is 0 Å². The Morgan fingerprint density at radius 1 is 1.17 bits per heavy atom. The molecular formula is C32H40FN5O3. The summed E-state index contributed by atoms with van der Waals surface area (Å²) in [4.78, 5) is 48.2. The monoisotopic (exact) mass is 561 g/mol. The molecule has 1 aromatic heterocycles. The summed E-state index contributed by atoms with van der Waals surface area (Å²) in [5, 5.41) is 3.90. The third-order valence-electron chi connectivity index (χ3n) is 8.75. The van der Waals surface area contributed by atoms with Gasteiger partial charge in [-0.1, -0.05) is 30.3 Å². The van der Waals surface area contributed by atoms with Crippen molar-refractivity contribution < 1.29 is 18.8 Å². The van der Waals surface area contributed by atoms with Gasteiger partial charge in [-0.15, -0.1) is 0 Å². The summed E-state index contributed by atoms with van der Waals surface area (Å²) in [7, 11) is 0. The molecule has 0 bridgehead atoms. The summed E-state index contributed by atoms with van der Waals surface area (Å²) in [6, 6.07) is 13.3. The van der Waals surface area contributed by atoms with Gasteiger partial charge in [-0.2, -0.15) is 0 Å². The van der Waals surface area contributed by atoms with Crippen LogP contribution in [0, 0.1) is 11.2 Å². The molecule has 2 aromatic carbocycles. The molecule has 9 heteroatoms. The predicted molar refractivity (Wildman–Crippen MR) is 156 cm³/mol. The first-order chi connectivity index (χ1) is 19.4. The van der Waals surface area contributed by atoms with Crippen molar-refractivity contribution in [2.75, 3.05) is 19.6 Å². The zero-order valence-corrected chi connectivity index (χ0v) is 24.2. The van der Waals surface area contributed by atoms with Crippen molar-refractivity contribution in [1.82, 2.24) is 20.1 Å². The van der Waals surface area contributed by atoms with Crippen LogP contribution in [0.15, 0.2) is 54.7 Å². The minimum absolute atomic E-state index is 0.00315. The fraction of sp³-hybridized carbons (Fsp3) is 0.469. The number of H-pyrrole nitrogens is 1. The number of carbonyl (C=O) groups excluding carboxylic acids is 3. The van der Waals surface area contributed by atoms with Crippen LogP contribution in [0.4, 0.5) is 4.39 Å². The third kappa shape index (κ3) is 5.47. The Morgan fingerprint density at radius 2 is 1.88 bits per heavy atom. The van der Waals surface area contributed by atoms with Crippen LogP contribution in [-0.4, -0.2) is 69.8 Å². The van der Waals surface area contributed by atoms with E-state index in [1.54, 1.807) is 30.9 Å². The van der Waals surface area contributed by atoms with Gasteiger partial charge in [-0.3, -0.25) is 14.4 Å². The second kappa shape index (κ2) is 10.9. The smallest absolute Gasteiger partial charge is 0.245 e. The number of rotatable bonds is 7. The summed E-state index contributed by atoms with van der Waals surface area (Å²) in [6.07, 6.45) is 3.43. The largest absolute Gasteiger partial charge is 0.361 e. The number of para-hydroxylation sites is 1. The summed E-state index contributed by atoms with van der Waals surface area (Å²) in [5.74, 6) is -1.14. The molecule has 5 rings (SSSR count). The Balaban J connectivity index is 1.47. The molecule has 218 valence electrons. The van der Waals surface area contributed by atoms with Crippen molar-refractivity contribution in [3.05, 3.63) is 71.7 Å². The number of nitrogens with one attached hydrogen (secondary N) is 2. The highest BCUT2D eigenvalue weighted by Crippen LogP contribution is 2.50. The second-order valence-corrected chi connectivity index (χ2v) is 12.5. The Hall–Kier alpha value is -3.72. The van der Waals surface area contributed by atoms with Gasteiger partial charge in [-0.05, 0) is 69.9 Å². The number of aromatic amines is 1. The van der Waals surface area contributed by atoms with E-state index in [9.17, 15) is 18.8 Å². The van der Waals surface area contributed by atoms with Crippen molar-refractivity contribution >= 4 is 28.6 Å². The number of hydrogen-bond donors (Lipinski definition) is 3. The van der Waals surface area contributed by atoms with Crippen LogP contribution in [0.5, 0.6) is 0 Å². The van der Waals surface area contributed by atoms with Crippen molar-refractivity contribution in [2.24, 2.45) is 11.1 Å². The lowest BCUT2D eigenvalue weighted by Gasteiger charge is -2.43. The first-order valence-corrected chi connectivity index (χ1v) is 14.4. The lowest BCUT2D eigenvalue weighted by atomic mass is 9.69. The number of fused-ring (bicyclic) bond motifs is 1. The first kappa shape index (κ1) is 28.8. The number of halogens is 1. The van der Waals surface area contributed by atoms with Crippen LogP contribution in [0.3, 0.4) is 0 Å². The third-order valence-corrected chi connectivity index (χ3v) is 8.75. The average molecular weight is 562 g/mol. The maximum absolute atomic E-state index is 14.3. The number of aromatic nitrogens is 1. The molecule has 2 unspecified atom stereocenters. The average Bonchev–Trinajstić information content (AvgIpc) is 3.46. The number of carbonyl (C=O) groups is 3. The molecule has 0 aliphatic carbocycles. The van der Waals surface area contributed by atoms with E-state index < -0.39 is 22.9 Å². The predicted octanol–water partition coefficient (Wildman–Crippen LogP) is 3.71. The molecular weight excluding hydrogens is 521 g/mol.